The summed E-state index contributed by atoms with van der Waals surface area (Å²) in [5, 5.41) is 9.07. The minimum Gasteiger partial charge on any atom is -0.356 e. The number of nitrogens with one attached hydrogen (secondary N) is 1. The Balaban J connectivity index is 0.00000243. The van der Waals surface area contributed by atoms with Gasteiger partial charge in [-0.15, -0.1) is 24.0 Å². The molecule has 1 aromatic heterocycles. The summed E-state index contributed by atoms with van der Waals surface area (Å²) < 4.78 is 1.86. The second kappa shape index (κ2) is 9.80. The van der Waals surface area contributed by atoms with E-state index in [9.17, 15) is 0 Å². The number of aryl methyl sites for hydroxylation is 1. The van der Waals surface area contributed by atoms with Gasteiger partial charge in [-0.1, -0.05) is 23.2 Å². The Kier molecular flexibility index (Phi) is 8.04. The van der Waals surface area contributed by atoms with Crippen LogP contribution < -0.4 is 5.32 Å². The Morgan fingerprint density at radius 3 is 2.65 bits per heavy atom. The number of aliphatic imine (C=N–C) groups is 1. The second-order valence-electron chi connectivity index (χ2n) is 6.38. The molecule has 0 bridgehead atoms. The molecule has 142 valence electrons. The highest BCUT2D eigenvalue weighted by molar-refractivity contribution is 14.0. The zero-order chi connectivity index (χ0) is 17.8. The van der Waals surface area contributed by atoms with Crippen LogP contribution in [0.2, 0.25) is 10.0 Å². The van der Waals surface area contributed by atoms with E-state index in [1.165, 1.54) is 5.56 Å². The van der Waals surface area contributed by atoms with Gasteiger partial charge in [-0.2, -0.15) is 5.10 Å². The number of benzene rings is 1. The number of hydrogen-bond donors (Lipinski definition) is 1. The monoisotopic (exact) mass is 507 g/mol. The van der Waals surface area contributed by atoms with Gasteiger partial charge in [0, 0.05) is 55.9 Å². The maximum Gasteiger partial charge on any atom is 0.193 e. The lowest BCUT2D eigenvalue weighted by Crippen LogP contribution is -2.40. The van der Waals surface area contributed by atoms with Crippen molar-refractivity contribution in [1.29, 1.82) is 0 Å². The van der Waals surface area contributed by atoms with Gasteiger partial charge in [-0.05, 0) is 42.2 Å². The van der Waals surface area contributed by atoms with E-state index in [0.29, 0.717) is 16.0 Å². The summed E-state index contributed by atoms with van der Waals surface area (Å²) in [7, 11) is 3.79. The van der Waals surface area contributed by atoms with Crippen LogP contribution in [0.3, 0.4) is 0 Å². The van der Waals surface area contributed by atoms with Crippen LogP contribution in [0.4, 0.5) is 0 Å². The predicted molar refractivity (Wildman–Crippen MR) is 119 cm³/mol. The van der Waals surface area contributed by atoms with Gasteiger partial charge in [0.25, 0.3) is 0 Å². The van der Waals surface area contributed by atoms with Crippen molar-refractivity contribution in [3.05, 3.63) is 51.8 Å². The number of nitrogens with zero attached hydrogens (tertiary/aromatic N) is 4. The number of hydrogen-bond acceptors (Lipinski definition) is 2. The van der Waals surface area contributed by atoms with Gasteiger partial charge >= 0.3 is 0 Å². The minimum atomic E-state index is 0. The van der Waals surface area contributed by atoms with Gasteiger partial charge in [0.15, 0.2) is 5.96 Å². The van der Waals surface area contributed by atoms with Crippen LogP contribution in [0.15, 0.2) is 35.6 Å². The van der Waals surface area contributed by atoms with E-state index in [1.54, 1.807) is 6.07 Å². The molecule has 0 aliphatic carbocycles. The van der Waals surface area contributed by atoms with Gasteiger partial charge in [-0.3, -0.25) is 9.67 Å². The first kappa shape index (κ1) is 21.3. The van der Waals surface area contributed by atoms with Gasteiger partial charge in [0.1, 0.15) is 0 Å². The molecule has 1 aromatic carbocycles. The molecule has 0 saturated carbocycles. The molecule has 1 aliphatic rings. The first-order valence-electron chi connectivity index (χ1n) is 8.44. The van der Waals surface area contributed by atoms with E-state index >= 15 is 0 Å². The van der Waals surface area contributed by atoms with Crippen molar-refractivity contribution in [3.8, 4) is 0 Å². The first-order chi connectivity index (χ1) is 12.0. The molecule has 1 saturated heterocycles. The van der Waals surface area contributed by atoms with E-state index in [0.717, 1.165) is 44.0 Å². The van der Waals surface area contributed by atoms with E-state index in [2.05, 4.69) is 26.5 Å². The zero-order valence-corrected chi connectivity index (χ0v) is 18.8. The molecule has 0 amide bonds. The van der Waals surface area contributed by atoms with Gasteiger partial charge in [0.05, 0.1) is 6.20 Å². The molecule has 1 N–H and O–H groups in total. The molecule has 26 heavy (non-hydrogen) atoms. The van der Waals surface area contributed by atoms with Crippen LogP contribution in [-0.2, 0) is 13.5 Å². The fraction of sp³-hybridized carbons (Fsp3) is 0.444. The van der Waals surface area contributed by atoms with Crippen molar-refractivity contribution in [2.24, 2.45) is 12.0 Å². The summed E-state index contributed by atoms with van der Waals surface area (Å²) >= 11 is 12.1. The summed E-state index contributed by atoms with van der Waals surface area (Å²) in [6.07, 6.45) is 6.04. The minimum absolute atomic E-state index is 0. The Morgan fingerprint density at radius 1 is 1.31 bits per heavy atom. The number of rotatable bonds is 4. The lowest BCUT2D eigenvalue weighted by Gasteiger charge is -2.21. The first-order valence-corrected chi connectivity index (χ1v) is 9.20. The van der Waals surface area contributed by atoms with Crippen LogP contribution in [0.1, 0.15) is 23.5 Å². The van der Waals surface area contributed by atoms with Gasteiger partial charge in [0.2, 0.25) is 0 Å². The third kappa shape index (κ3) is 5.50. The summed E-state index contributed by atoms with van der Waals surface area (Å²) in [6.45, 7) is 2.76. The van der Waals surface area contributed by atoms with E-state index < -0.39 is 0 Å². The van der Waals surface area contributed by atoms with Crippen molar-refractivity contribution < 1.29 is 0 Å². The van der Waals surface area contributed by atoms with E-state index in [4.69, 9.17) is 23.2 Å². The average Bonchev–Trinajstić information content (AvgIpc) is 3.19. The molecular formula is C18H24Cl2IN5. The molecule has 1 unspecified atom stereocenters. The standard InChI is InChI=1S/C18H23Cl2N5.HI/c1-21-18(22-5-3-13-7-16(19)9-17(20)8-13)25-6-4-14(12-25)15-10-23-24(2)11-15;/h7-11,14H,3-6,12H2,1-2H3,(H,21,22);1H. The van der Waals surface area contributed by atoms with Crippen molar-refractivity contribution in [2.45, 2.75) is 18.8 Å². The van der Waals surface area contributed by atoms with Crippen LogP contribution in [-0.4, -0.2) is 47.3 Å². The molecule has 8 heteroatoms. The van der Waals surface area contributed by atoms with Crippen molar-refractivity contribution in [2.75, 3.05) is 26.7 Å². The van der Waals surface area contributed by atoms with Gasteiger partial charge in [-0.25, -0.2) is 0 Å². The number of guanidine groups is 1. The van der Waals surface area contributed by atoms with Crippen LogP contribution in [0.25, 0.3) is 0 Å². The quantitative estimate of drug-likeness (QED) is 0.387. The number of aromatic nitrogens is 2. The smallest absolute Gasteiger partial charge is 0.193 e. The van der Waals surface area contributed by atoms with Crippen LogP contribution in [0.5, 0.6) is 0 Å². The Hall–Kier alpha value is -0.990. The topological polar surface area (TPSA) is 45.5 Å². The molecule has 2 aromatic rings. The highest BCUT2D eigenvalue weighted by Gasteiger charge is 2.26. The van der Waals surface area contributed by atoms with Gasteiger partial charge < -0.3 is 10.2 Å². The Morgan fingerprint density at radius 2 is 2.04 bits per heavy atom. The Labute approximate surface area is 181 Å². The molecule has 5 nitrogen and oxygen atoms in total. The largest absolute Gasteiger partial charge is 0.356 e. The summed E-state index contributed by atoms with van der Waals surface area (Å²) in [5.74, 6) is 1.46. The van der Waals surface area contributed by atoms with Crippen LogP contribution in [0, 0.1) is 0 Å². The maximum absolute atomic E-state index is 6.05. The van der Waals surface area contributed by atoms with Crippen LogP contribution >= 0.6 is 47.2 Å². The molecule has 0 spiro atoms. The molecule has 0 radical (unpaired) electrons. The van der Waals surface area contributed by atoms with Crippen molar-refractivity contribution in [3.63, 3.8) is 0 Å². The molecule has 2 heterocycles. The Bertz CT molecular complexity index is 742. The third-order valence-corrected chi connectivity index (χ3v) is 4.95. The fourth-order valence-electron chi connectivity index (χ4n) is 3.28. The number of halogens is 3. The number of likely N-dealkylation sites (tertiary alicyclic amines) is 1. The average molecular weight is 508 g/mol. The van der Waals surface area contributed by atoms with E-state index in [1.807, 2.05) is 37.1 Å². The SMILES string of the molecule is CN=C(NCCc1cc(Cl)cc(Cl)c1)N1CCC(c2cnn(C)c2)C1.I. The lowest BCUT2D eigenvalue weighted by atomic mass is 10.0. The van der Waals surface area contributed by atoms with Crippen molar-refractivity contribution >= 4 is 53.1 Å². The molecule has 1 atom stereocenters. The highest BCUT2D eigenvalue weighted by atomic mass is 127. The van der Waals surface area contributed by atoms with E-state index in [-0.39, 0.29) is 24.0 Å². The third-order valence-electron chi connectivity index (χ3n) is 4.51. The summed E-state index contributed by atoms with van der Waals surface area (Å²) in [4.78, 5) is 6.74. The summed E-state index contributed by atoms with van der Waals surface area (Å²) in [6, 6.07) is 5.65. The molecular weight excluding hydrogens is 484 g/mol. The van der Waals surface area contributed by atoms with Crippen molar-refractivity contribution in [1.82, 2.24) is 20.0 Å². The molecule has 1 aliphatic heterocycles. The maximum atomic E-state index is 6.05. The lowest BCUT2D eigenvalue weighted by molar-refractivity contribution is 0.486. The molecule has 3 rings (SSSR count). The normalized spacial score (nSPS) is 17.3. The highest BCUT2D eigenvalue weighted by Crippen LogP contribution is 2.26. The molecule has 1 fully saturated rings. The fourth-order valence-corrected chi connectivity index (χ4v) is 3.85. The summed E-state index contributed by atoms with van der Waals surface area (Å²) in [5.41, 5.74) is 2.42. The second-order valence-corrected chi connectivity index (χ2v) is 7.25. The zero-order valence-electron chi connectivity index (χ0n) is 15.0. The predicted octanol–water partition coefficient (Wildman–Crippen LogP) is 3.95.